The summed E-state index contributed by atoms with van der Waals surface area (Å²) in [5.74, 6) is 4.58. The molecule has 0 spiro atoms. The normalized spacial score (nSPS) is 9.41. The average molecular weight is 250 g/mol. The van der Waals surface area contributed by atoms with E-state index < -0.39 is 0 Å². The van der Waals surface area contributed by atoms with Gasteiger partial charge in [-0.2, -0.15) is 0 Å². The van der Waals surface area contributed by atoms with Gasteiger partial charge < -0.3 is 10.6 Å². The third-order valence-electron chi connectivity index (χ3n) is 1.86. The Morgan fingerprint density at radius 2 is 2.35 bits per heavy atom. The quantitative estimate of drug-likeness (QED) is 0.572. The highest BCUT2D eigenvalue weighted by Crippen LogP contribution is 2.03. The molecule has 1 heterocycles. The molecule has 0 aromatic carbocycles. The standard InChI is InChI=1S/C11H14N4OS/c1-3-7-17-8-6-13-10-5-4-9(14-15-10)11(16)12-2/h1,4-5H,6-8H2,2H3,(H,12,16)(H,13,15). The number of hydrogen-bond acceptors (Lipinski definition) is 5. The Balaban J connectivity index is 2.36. The van der Waals surface area contributed by atoms with Crippen LogP contribution in [0.1, 0.15) is 10.5 Å². The van der Waals surface area contributed by atoms with E-state index in [0.717, 1.165) is 12.3 Å². The van der Waals surface area contributed by atoms with Gasteiger partial charge >= 0.3 is 0 Å². The van der Waals surface area contributed by atoms with Gasteiger partial charge in [-0.1, -0.05) is 5.92 Å². The Morgan fingerprint density at radius 1 is 1.53 bits per heavy atom. The summed E-state index contributed by atoms with van der Waals surface area (Å²) in [6.45, 7) is 0.764. The number of amides is 1. The van der Waals surface area contributed by atoms with Crippen molar-refractivity contribution in [3.05, 3.63) is 17.8 Å². The van der Waals surface area contributed by atoms with Crippen LogP contribution >= 0.6 is 11.8 Å². The molecule has 6 heteroatoms. The Hall–Kier alpha value is -1.74. The SMILES string of the molecule is C#CCSCCNc1ccc(C(=O)NC)nn1. The predicted molar refractivity (Wildman–Crippen MR) is 70.1 cm³/mol. The smallest absolute Gasteiger partial charge is 0.271 e. The highest BCUT2D eigenvalue weighted by molar-refractivity contribution is 7.99. The maximum absolute atomic E-state index is 11.2. The van der Waals surface area contributed by atoms with Gasteiger partial charge in [0, 0.05) is 19.3 Å². The molecule has 1 amide bonds. The van der Waals surface area contributed by atoms with Gasteiger partial charge in [-0.05, 0) is 12.1 Å². The van der Waals surface area contributed by atoms with Crippen molar-refractivity contribution in [2.75, 3.05) is 30.4 Å². The summed E-state index contributed by atoms with van der Waals surface area (Å²) in [4.78, 5) is 11.2. The fourth-order valence-electron chi connectivity index (χ4n) is 1.06. The molecule has 17 heavy (non-hydrogen) atoms. The summed E-state index contributed by atoms with van der Waals surface area (Å²) in [5.41, 5.74) is 0.305. The molecule has 1 rings (SSSR count). The fourth-order valence-corrected chi connectivity index (χ4v) is 1.57. The van der Waals surface area contributed by atoms with E-state index >= 15 is 0 Å². The molecule has 0 aliphatic carbocycles. The van der Waals surface area contributed by atoms with Gasteiger partial charge in [0.25, 0.3) is 5.91 Å². The summed E-state index contributed by atoms with van der Waals surface area (Å²) in [5, 5.41) is 13.3. The number of thioether (sulfide) groups is 1. The van der Waals surface area contributed by atoms with E-state index in [-0.39, 0.29) is 5.91 Å². The second kappa shape index (κ2) is 7.52. The molecule has 5 nitrogen and oxygen atoms in total. The fraction of sp³-hybridized carbons (Fsp3) is 0.364. The molecule has 0 aliphatic heterocycles. The Labute approximate surface area is 105 Å². The van der Waals surface area contributed by atoms with Crippen molar-refractivity contribution in [2.24, 2.45) is 0 Å². The van der Waals surface area contributed by atoms with Gasteiger partial charge in [0.2, 0.25) is 0 Å². The lowest BCUT2D eigenvalue weighted by Gasteiger charge is -2.04. The van der Waals surface area contributed by atoms with E-state index in [2.05, 4.69) is 26.8 Å². The van der Waals surface area contributed by atoms with E-state index in [1.807, 2.05) is 0 Å². The molecule has 0 unspecified atom stereocenters. The second-order valence-corrected chi connectivity index (χ2v) is 4.17. The number of nitrogens with one attached hydrogen (secondary N) is 2. The summed E-state index contributed by atoms with van der Waals surface area (Å²) in [6, 6.07) is 3.35. The first-order valence-electron chi connectivity index (χ1n) is 5.09. The molecule has 0 aliphatic rings. The minimum atomic E-state index is -0.242. The van der Waals surface area contributed by atoms with Gasteiger partial charge in [-0.15, -0.1) is 28.4 Å². The molecule has 1 aromatic heterocycles. The first kappa shape index (κ1) is 13.3. The summed E-state index contributed by atoms with van der Waals surface area (Å²) in [6.07, 6.45) is 5.13. The average Bonchev–Trinajstić information content (AvgIpc) is 2.38. The van der Waals surface area contributed by atoms with Crippen LogP contribution in [-0.4, -0.2) is 41.2 Å². The number of anilines is 1. The zero-order valence-corrected chi connectivity index (χ0v) is 10.4. The van der Waals surface area contributed by atoms with Crippen LogP contribution in [0.5, 0.6) is 0 Å². The van der Waals surface area contributed by atoms with E-state index in [4.69, 9.17) is 6.42 Å². The van der Waals surface area contributed by atoms with Crippen molar-refractivity contribution < 1.29 is 4.79 Å². The number of carbonyl (C=O) groups excluding carboxylic acids is 1. The molecule has 0 radical (unpaired) electrons. The second-order valence-electron chi connectivity index (χ2n) is 3.07. The molecule has 0 saturated heterocycles. The first-order chi connectivity index (χ1) is 8.27. The lowest BCUT2D eigenvalue weighted by molar-refractivity contribution is 0.0957. The number of hydrogen-bond donors (Lipinski definition) is 2. The van der Waals surface area contributed by atoms with Crippen LogP contribution in [0.15, 0.2) is 12.1 Å². The third kappa shape index (κ3) is 4.74. The van der Waals surface area contributed by atoms with Gasteiger partial charge in [-0.25, -0.2) is 0 Å². The van der Waals surface area contributed by atoms with Gasteiger partial charge in [-0.3, -0.25) is 4.79 Å². The molecular formula is C11H14N4OS. The summed E-state index contributed by atoms with van der Waals surface area (Å²) < 4.78 is 0. The van der Waals surface area contributed by atoms with Crippen LogP contribution in [0.2, 0.25) is 0 Å². The maximum Gasteiger partial charge on any atom is 0.271 e. The van der Waals surface area contributed by atoms with Gasteiger partial charge in [0.1, 0.15) is 5.82 Å². The number of aromatic nitrogens is 2. The van der Waals surface area contributed by atoms with Crippen LogP contribution in [0.25, 0.3) is 0 Å². The summed E-state index contributed by atoms with van der Waals surface area (Å²) >= 11 is 1.67. The summed E-state index contributed by atoms with van der Waals surface area (Å²) in [7, 11) is 1.55. The molecule has 90 valence electrons. The molecular weight excluding hydrogens is 236 g/mol. The number of terminal acetylenes is 1. The highest BCUT2D eigenvalue weighted by atomic mass is 32.2. The van der Waals surface area contributed by atoms with Crippen LogP contribution in [0, 0.1) is 12.3 Å². The van der Waals surface area contributed by atoms with E-state index in [9.17, 15) is 4.79 Å². The van der Waals surface area contributed by atoms with Crippen molar-refractivity contribution in [3.63, 3.8) is 0 Å². The van der Waals surface area contributed by atoms with E-state index in [1.165, 1.54) is 0 Å². The minimum Gasteiger partial charge on any atom is -0.368 e. The van der Waals surface area contributed by atoms with E-state index in [1.54, 1.807) is 30.9 Å². The third-order valence-corrected chi connectivity index (χ3v) is 2.73. The topological polar surface area (TPSA) is 66.9 Å². The Bertz CT molecular complexity index is 399. The maximum atomic E-state index is 11.2. The molecule has 0 saturated carbocycles. The number of carbonyl (C=O) groups is 1. The molecule has 2 N–H and O–H groups in total. The van der Waals surface area contributed by atoms with Gasteiger partial charge in [0.05, 0.1) is 5.75 Å². The Morgan fingerprint density at radius 3 is 2.94 bits per heavy atom. The van der Waals surface area contributed by atoms with Gasteiger partial charge in [0.15, 0.2) is 5.69 Å². The van der Waals surface area contributed by atoms with Crippen molar-refractivity contribution in [3.8, 4) is 12.3 Å². The van der Waals surface area contributed by atoms with Crippen molar-refractivity contribution >= 4 is 23.5 Å². The zero-order valence-electron chi connectivity index (χ0n) is 9.56. The van der Waals surface area contributed by atoms with Crippen LogP contribution < -0.4 is 10.6 Å². The lowest BCUT2D eigenvalue weighted by Crippen LogP contribution is -2.20. The highest BCUT2D eigenvalue weighted by Gasteiger charge is 2.04. The first-order valence-corrected chi connectivity index (χ1v) is 6.24. The number of nitrogens with zero attached hydrogens (tertiary/aromatic N) is 2. The van der Waals surface area contributed by atoms with Crippen LogP contribution in [0.3, 0.4) is 0 Å². The van der Waals surface area contributed by atoms with E-state index in [0.29, 0.717) is 17.3 Å². The van der Waals surface area contributed by atoms with Crippen molar-refractivity contribution in [1.82, 2.24) is 15.5 Å². The van der Waals surface area contributed by atoms with Crippen LogP contribution in [-0.2, 0) is 0 Å². The molecule has 1 aromatic rings. The predicted octanol–water partition coefficient (Wildman–Crippen LogP) is 0.614. The molecule has 0 bridgehead atoms. The minimum absolute atomic E-state index is 0.242. The van der Waals surface area contributed by atoms with Crippen molar-refractivity contribution in [2.45, 2.75) is 0 Å². The Kier molecular flexibility index (Phi) is 5.89. The van der Waals surface area contributed by atoms with Crippen LogP contribution in [0.4, 0.5) is 5.82 Å². The monoisotopic (exact) mass is 250 g/mol. The zero-order chi connectivity index (χ0) is 12.5. The lowest BCUT2D eigenvalue weighted by atomic mass is 10.3. The molecule has 0 atom stereocenters. The van der Waals surface area contributed by atoms with Crippen molar-refractivity contribution in [1.29, 1.82) is 0 Å². The number of rotatable bonds is 6. The largest absolute Gasteiger partial charge is 0.368 e. The molecule has 0 fully saturated rings.